The molecule has 0 spiro atoms. The number of nitrogens with zero attached hydrogens (tertiary/aromatic N) is 2. The van der Waals surface area contributed by atoms with Gasteiger partial charge in [0.25, 0.3) is 0 Å². The molecule has 2 heterocycles. The van der Waals surface area contributed by atoms with E-state index in [-0.39, 0.29) is 5.92 Å². The van der Waals surface area contributed by atoms with E-state index in [1.54, 1.807) is 12.1 Å². The largest absolute Gasteiger partial charge is 0.478 e. The van der Waals surface area contributed by atoms with Gasteiger partial charge >= 0.3 is 5.97 Å². The molecule has 0 aromatic carbocycles. The molecule has 0 amide bonds. The maximum absolute atomic E-state index is 11.2. The average Bonchev–Trinajstić information content (AvgIpc) is 2.69. The van der Waals surface area contributed by atoms with Crippen molar-refractivity contribution in [2.75, 3.05) is 18.0 Å². The molecule has 1 fully saturated rings. The van der Waals surface area contributed by atoms with Gasteiger partial charge in [0.15, 0.2) is 0 Å². The van der Waals surface area contributed by atoms with Crippen molar-refractivity contribution in [2.45, 2.75) is 33.6 Å². The SMILES string of the molecule is CC(C)c1cc(C(=O)O)cc(N2CC(C)C(C)C2)n1. The topological polar surface area (TPSA) is 53.4 Å². The Labute approximate surface area is 114 Å². The van der Waals surface area contributed by atoms with Gasteiger partial charge in [-0.25, -0.2) is 9.78 Å². The highest BCUT2D eigenvalue weighted by Crippen LogP contribution is 2.28. The molecule has 1 aliphatic heterocycles. The van der Waals surface area contributed by atoms with E-state index in [0.717, 1.165) is 24.6 Å². The molecule has 0 bridgehead atoms. The van der Waals surface area contributed by atoms with Gasteiger partial charge in [-0.3, -0.25) is 0 Å². The Kier molecular flexibility index (Phi) is 3.78. The van der Waals surface area contributed by atoms with Crippen LogP contribution < -0.4 is 4.90 Å². The Hall–Kier alpha value is -1.58. The number of rotatable bonds is 3. The summed E-state index contributed by atoms with van der Waals surface area (Å²) in [4.78, 5) is 18.1. The monoisotopic (exact) mass is 262 g/mol. The Bertz CT molecular complexity index is 475. The third-order valence-electron chi connectivity index (χ3n) is 3.98. The van der Waals surface area contributed by atoms with Crippen LogP contribution in [0.2, 0.25) is 0 Å². The molecule has 4 heteroatoms. The molecule has 0 saturated carbocycles. The lowest BCUT2D eigenvalue weighted by atomic mass is 10.0. The molecule has 2 unspecified atom stereocenters. The minimum absolute atomic E-state index is 0.232. The molecular formula is C15H22N2O2. The van der Waals surface area contributed by atoms with E-state index in [1.807, 2.05) is 13.8 Å². The van der Waals surface area contributed by atoms with Crippen LogP contribution in [0.5, 0.6) is 0 Å². The van der Waals surface area contributed by atoms with Crippen LogP contribution in [0, 0.1) is 11.8 Å². The lowest BCUT2D eigenvalue weighted by Gasteiger charge is -2.19. The second-order valence-corrected chi connectivity index (χ2v) is 5.96. The van der Waals surface area contributed by atoms with Crippen LogP contribution >= 0.6 is 0 Å². The van der Waals surface area contributed by atoms with E-state index in [9.17, 15) is 9.90 Å². The number of hydrogen-bond acceptors (Lipinski definition) is 3. The standard InChI is InChI=1S/C15H22N2O2/c1-9(2)13-5-12(15(18)19)6-14(16-13)17-7-10(3)11(4)8-17/h5-6,9-11H,7-8H2,1-4H3,(H,18,19). The summed E-state index contributed by atoms with van der Waals surface area (Å²) in [6.45, 7) is 10.4. The van der Waals surface area contributed by atoms with Crippen molar-refractivity contribution in [1.29, 1.82) is 0 Å². The predicted octanol–water partition coefficient (Wildman–Crippen LogP) is 3.00. The molecule has 4 nitrogen and oxygen atoms in total. The minimum atomic E-state index is -0.883. The molecular weight excluding hydrogens is 240 g/mol. The lowest BCUT2D eigenvalue weighted by Crippen LogP contribution is -2.22. The third kappa shape index (κ3) is 2.88. The van der Waals surface area contributed by atoms with Gasteiger partial charge < -0.3 is 10.0 Å². The molecule has 1 N–H and O–H groups in total. The van der Waals surface area contributed by atoms with Crippen molar-refractivity contribution in [3.63, 3.8) is 0 Å². The van der Waals surface area contributed by atoms with E-state index in [4.69, 9.17) is 0 Å². The Balaban J connectivity index is 2.37. The van der Waals surface area contributed by atoms with Crippen molar-refractivity contribution in [2.24, 2.45) is 11.8 Å². The number of anilines is 1. The maximum Gasteiger partial charge on any atom is 0.335 e. The lowest BCUT2D eigenvalue weighted by molar-refractivity contribution is 0.0696. The van der Waals surface area contributed by atoms with E-state index >= 15 is 0 Å². The van der Waals surface area contributed by atoms with Crippen LogP contribution in [0.4, 0.5) is 5.82 Å². The summed E-state index contributed by atoms with van der Waals surface area (Å²) in [6, 6.07) is 3.37. The summed E-state index contributed by atoms with van der Waals surface area (Å²) in [6.07, 6.45) is 0. The third-order valence-corrected chi connectivity index (χ3v) is 3.98. The van der Waals surface area contributed by atoms with Gasteiger partial charge in [0, 0.05) is 18.8 Å². The average molecular weight is 262 g/mol. The van der Waals surface area contributed by atoms with Crippen molar-refractivity contribution in [3.8, 4) is 0 Å². The first-order chi connectivity index (χ1) is 8.88. The fraction of sp³-hybridized carbons (Fsp3) is 0.600. The molecule has 1 aliphatic rings. The van der Waals surface area contributed by atoms with E-state index in [1.165, 1.54) is 0 Å². The summed E-state index contributed by atoms with van der Waals surface area (Å²) in [7, 11) is 0. The molecule has 1 aromatic heterocycles. The number of aromatic carboxylic acids is 1. The highest BCUT2D eigenvalue weighted by Gasteiger charge is 2.27. The van der Waals surface area contributed by atoms with Gasteiger partial charge in [-0.2, -0.15) is 0 Å². The molecule has 19 heavy (non-hydrogen) atoms. The van der Waals surface area contributed by atoms with Crippen molar-refractivity contribution in [3.05, 3.63) is 23.4 Å². The van der Waals surface area contributed by atoms with Crippen molar-refractivity contribution in [1.82, 2.24) is 4.98 Å². The molecule has 104 valence electrons. The van der Waals surface area contributed by atoms with Crippen LogP contribution in [0.1, 0.15) is 49.7 Å². The maximum atomic E-state index is 11.2. The minimum Gasteiger partial charge on any atom is -0.478 e. The zero-order valence-electron chi connectivity index (χ0n) is 12.1. The van der Waals surface area contributed by atoms with Gasteiger partial charge in [-0.15, -0.1) is 0 Å². The number of aromatic nitrogens is 1. The number of carboxylic acid groups (broad SMARTS) is 1. The molecule has 2 atom stereocenters. The van der Waals surface area contributed by atoms with Crippen LogP contribution in [0.25, 0.3) is 0 Å². The molecule has 0 radical (unpaired) electrons. The van der Waals surface area contributed by atoms with Crippen LogP contribution in [0.3, 0.4) is 0 Å². The first-order valence-corrected chi connectivity index (χ1v) is 6.88. The smallest absolute Gasteiger partial charge is 0.335 e. The van der Waals surface area contributed by atoms with Crippen LogP contribution in [0.15, 0.2) is 12.1 Å². The van der Waals surface area contributed by atoms with Crippen molar-refractivity contribution >= 4 is 11.8 Å². The first kappa shape index (κ1) is 13.8. The van der Waals surface area contributed by atoms with Gasteiger partial charge in [0.2, 0.25) is 0 Å². The quantitative estimate of drug-likeness (QED) is 0.909. The first-order valence-electron chi connectivity index (χ1n) is 6.88. The number of carbonyl (C=O) groups is 1. The van der Waals surface area contributed by atoms with E-state index in [2.05, 4.69) is 23.7 Å². The zero-order chi connectivity index (χ0) is 14.2. The summed E-state index contributed by atoms with van der Waals surface area (Å²) in [5.41, 5.74) is 1.18. The summed E-state index contributed by atoms with van der Waals surface area (Å²) in [5.74, 6) is 1.40. The summed E-state index contributed by atoms with van der Waals surface area (Å²) < 4.78 is 0. The Morgan fingerprint density at radius 3 is 2.37 bits per heavy atom. The van der Waals surface area contributed by atoms with Crippen LogP contribution in [-0.4, -0.2) is 29.1 Å². The second kappa shape index (κ2) is 5.19. The summed E-state index contributed by atoms with van der Waals surface area (Å²) in [5, 5.41) is 9.22. The van der Waals surface area contributed by atoms with Crippen LogP contribution in [-0.2, 0) is 0 Å². The van der Waals surface area contributed by atoms with Crippen molar-refractivity contribution < 1.29 is 9.90 Å². The predicted molar refractivity (Wildman–Crippen MR) is 75.8 cm³/mol. The Morgan fingerprint density at radius 2 is 1.89 bits per heavy atom. The highest BCUT2D eigenvalue weighted by molar-refractivity contribution is 5.88. The van der Waals surface area contributed by atoms with E-state index in [0.29, 0.717) is 17.4 Å². The van der Waals surface area contributed by atoms with Gasteiger partial charge in [0.1, 0.15) is 5.82 Å². The molecule has 2 rings (SSSR count). The fourth-order valence-electron chi connectivity index (χ4n) is 2.43. The fourth-order valence-corrected chi connectivity index (χ4v) is 2.43. The number of carboxylic acids is 1. The highest BCUT2D eigenvalue weighted by atomic mass is 16.4. The number of hydrogen-bond donors (Lipinski definition) is 1. The molecule has 0 aliphatic carbocycles. The van der Waals surface area contributed by atoms with E-state index < -0.39 is 5.97 Å². The normalized spacial score (nSPS) is 23.1. The van der Waals surface area contributed by atoms with Gasteiger partial charge in [-0.05, 0) is 29.9 Å². The Morgan fingerprint density at radius 1 is 1.32 bits per heavy atom. The second-order valence-electron chi connectivity index (χ2n) is 5.96. The number of pyridine rings is 1. The van der Waals surface area contributed by atoms with Gasteiger partial charge in [-0.1, -0.05) is 27.7 Å². The molecule has 1 saturated heterocycles. The molecule has 1 aromatic rings. The van der Waals surface area contributed by atoms with Gasteiger partial charge in [0.05, 0.1) is 5.56 Å². The zero-order valence-corrected chi connectivity index (χ0v) is 12.1. The summed E-state index contributed by atoms with van der Waals surface area (Å²) >= 11 is 0.